The van der Waals surface area contributed by atoms with E-state index in [-0.39, 0.29) is 11.5 Å². The SMILES string of the molecule is CCc1ccccc1NC(=O)c1ccccc1NC(=O)C=CC(=O)O. The highest BCUT2D eigenvalue weighted by Gasteiger charge is 2.13. The van der Waals surface area contributed by atoms with Crippen molar-refractivity contribution < 1.29 is 19.5 Å². The first-order chi connectivity index (χ1) is 12.0. The third-order valence-electron chi connectivity index (χ3n) is 3.45. The number of hydrogen-bond acceptors (Lipinski definition) is 3. The van der Waals surface area contributed by atoms with Crippen LogP contribution in [-0.4, -0.2) is 22.9 Å². The predicted molar refractivity (Wildman–Crippen MR) is 95.6 cm³/mol. The van der Waals surface area contributed by atoms with E-state index < -0.39 is 11.9 Å². The lowest BCUT2D eigenvalue weighted by Crippen LogP contribution is -2.17. The molecule has 2 aromatic carbocycles. The zero-order valence-electron chi connectivity index (χ0n) is 13.7. The van der Waals surface area contributed by atoms with Crippen LogP contribution in [0.2, 0.25) is 0 Å². The number of carboxylic acid groups (broad SMARTS) is 1. The molecule has 0 aromatic heterocycles. The molecule has 0 aliphatic rings. The minimum atomic E-state index is -1.22. The smallest absolute Gasteiger partial charge is 0.328 e. The van der Waals surface area contributed by atoms with Crippen molar-refractivity contribution in [2.75, 3.05) is 10.6 Å². The molecule has 0 heterocycles. The molecule has 2 aromatic rings. The van der Waals surface area contributed by atoms with Crippen LogP contribution in [0.1, 0.15) is 22.8 Å². The summed E-state index contributed by atoms with van der Waals surface area (Å²) in [6.07, 6.45) is 2.40. The van der Waals surface area contributed by atoms with Crippen molar-refractivity contribution >= 4 is 29.2 Å². The fourth-order valence-electron chi connectivity index (χ4n) is 2.25. The molecule has 3 N–H and O–H groups in total. The summed E-state index contributed by atoms with van der Waals surface area (Å²) < 4.78 is 0. The Bertz CT molecular complexity index is 828. The van der Waals surface area contributed by atoms with Gasteiger partial charge in [-0.05, 0) is 30.2 Å². The lowest BCUT2D eigenvalue weighted by atomic mass is 10.1. The summed E-state index contributed by atoms with van der Waals surface area (Å²) in [5.41, 5.74) is 2.29. The van der Waals surface area contributed by atoms with Crippen LogP contribution in [0.15, 0.2) is 60.7 Å². The number of aliphatic carboxylic acids is 1. The molecular formula is C19H18N2O4. The summed E-state index contributed by atoms with van der Waals surface area (Å²) in [6.45, 7) is 1.99. The van der Waals surface area contributed by atoms with Gasteiger partial charge in [0, 0.05) is 17.8 Å². The Labute approximate surface area is 145 Å². The van der Waals surface area contributed by atoms with Crippen molar-refractivity contribution in [1.82, 2.24) is 0 Å². The summed E-state index contributed by atoms with van der Waals surface area (Å²) >= 11 is 0. The fraction of sp³-hybridized carbons (Fsp3) is 0.105. The molecule has 0 aliphatic carbocycles. The second-order valence-electron chi connectivity index (χ2n) is 5.17. The molecule has 6 heteroatoms. The molecule has 6 nitrogen and oxygen atoms in total. The number of carbonyl (C=O) groups excluding carboxylic acids is 2. The number of anilines is 2. The van der Waals surface area contributed by atoms with Gasteiger partial charge in [-0.2, -0.15) is 0 Å². The normalized spacial score (nSPS) is 10.4. The van der Waals surface area contributed by atoms with Gasteiger partial charge in [0.05, 0.1) is 11.3 Å². The molecule has 0 spiro atoms. The standard InChI is InChI=1S/C19H18N2O4/c1-2-13-7-3-5-9-15(13)21-19(25)14-8-4-6-10-16(14)20-17(22)11-12-18(23)24/h3-12H,2H2,1H3,(H,20,22)(H,21,25)(H,23,24). The topological polar surface area (TPSA) is 95.5 Å². The first kappa shape index (κ1) is 17.9. The minimum Gasteiger partial charge on any atom is -0.478 e. The highest BCUT2D eigenvalue weighted by molar-refractivity contribution is 6.11. The van der Waals surface area contributed by atoms with Gasteiger partial charge >= 0.3 is 5.97 Å². The van der Waals surface area contributed by atoms with Crippen molar-refractivity contribution in [2.24, 2.45) is 0 Å². The molecule has 2 rings (SSSR count). The Morgan fingerprint density at radius 3 is 2.24 bits per heavy atom. The molecule has 0 unspecified atom stereocenters. The van der Waals surface area contributed by atoms with Crippen LogP contribution in [-0.2, 0) is 16.0 Å². The van der Waals surface area contributed by atoms with Crippen LogP contribution in [0.4, 0.5) is 11.4 Å². The van der Waals surface area contributed by atoms with Crippen LogP contribution >= 0.6 is 0 Å². The van der Waals surface area contributed by atoms with Crippen LogP contribution < -0.4 is 10.6 Å². The van der Waals surface area contributed by atoms with Crippen molar-refractivity contribution in [3.63, 3.8) is 0 Å². The molecule has 0 aliphatic heterocycles. The molecule has 0 radical (unpaired) electrons. The molecular weight excluding hydrogens is 320 g/mol. The number of para-hydroxylation sites is 2. The third kappa shape index (κ3) is 5.04. The van der Waals surface area contributed by atoms with E-state index in [2.05, 4.69) is 10.6 Å². The molecule has 0 saturated carbocycles. The van der Waals surface area contributed by atoms with Gasteiger partial charge in [0.15, 0.2) is 0 Å². The summed E-state index contributed by atoms with van der Waals surface area (Å²) in [4.78, 5) is 34.8. The van der Waals surface area contributed by atoms with E-state index in [0.29, 0.717) is 11.4 Å². The molecule has 25 heavy (non-hydrogen) atoms. The third-order valence-corrected chi connectivity index (χ3v) is 3.45. The Hall–Kier alpha value is -3.41. The van der Waals surface area contributed by atoms with E-state index in [1.807, 2.05) is 31.2 Å². The maximum Gasteiger partial charge on any atom is 0.328 e. The summed E-state index contributed by atoms with van der Waals surface area (Å²) in [6, 6.07) is 14.0. The first-order valence-electron chi connectivity index (χ1n) is 7.71. The molecule has 0 saturated heterocycles. The van der Waals surface area contributed by atoms with Crippen molar-refractivity contribution in [1.29, 1.82) is 0 Å². The summed E-state index contributed by atoms with van der Waals surface area (Å²) in [5, 5.41) is 13.9. The minimum absolute atomic E-state index is 0.283. The first-order valence-corrected chi connectivity index (χ1v) is 7.71. The molecule has 0 bridgehead atoms. The van der Waals surface area contributed by atoms with E-state index in [9.17, 15) is 14.4 Å². The van der Waals surface area contributed by atoms with Gasteiger partial charge in [-0.15, -0.1) is 0 Å². The second-order valence-corrected chi connectivity index (χ2v) is 5.17. The van der Waals surface area contributed by atoms with E-state index in [0.717, 1.165) is 24.1 Å². The fourth-order valence-corrected chi connectivity index (χ4v) is 2.25. The highest BCUT2D eigenvalue weighted by Crippen LogP contribution is 2.20. The number of amides is 2. The van der Waals surface area contributed by atoms with E-state index in [1.54, 1.807) is 24.3 Å². The molecule has 0 atom stereocenters. The Balaban J connectivity index is 2.20. The molecule has 128 valence electrons. The number of carboxylic acids is 1. The van der Waals surface area contributed by atoms with Gasteiger partial charge < -0.3 is 15.7 Å². The second kappa shape index (κ2) is 8.44. The van der Waals surface area contributed by atoms with Gasteiger partial charge in [0.2, 0.25) is 5.91 Å². The lowest BCUT2D eigenvalue weighted by Gasteiger charge is -2.12. The largest absolute Gasteiger partial charge is 0.478 e. The number of carbonyl (C=O) groups is 3. The van der Waals surface area contributed by atoms with Gasteiger partial charge in [0.25, 0.3) is 5.91 Å². The number of aryl methyl sites for hydroxylation is 1. The Kier molecular flexibility index (Phi) is 6.06. The number of benzene rings is 2. The quantitative estimate of drug-likeness (QED) is 0.705. The average Bonchev–Trinajstić information content (AvgIpc) is 2.61. The van der Waals surface area contributed by atoms with Crippen LogP contribution in [0, 0.1) is 0 Å². The van der Waals surface area contributed by atoms with Gasteiger partial charge in [0.1, 0.15) is 0 Å². The van der Waals surface area contributed by atoms with Crippen molar-refractivity contribution in [3.05, 3.63) is 71.8 Å². The lowest BCUT2D eigenvalue weighted by molar-refractivity contribution is -0.131. The van der Waals surface area contributed by atoms with Gasteiger partial charge in [-0.1, -0.05) is 37.3 Å². The van der Waals surface area contributed by atoms with E-state index >= 15 is 0 Å². The van der Waals surface area contributed by atoms with Crippen LogP contribution in [0.25, 0.3) is 0 Å². The van der Waals surface area contributed by atoms with Gasteiger partial charge in [-0.25, -0.2) is 4.79 Å². The zero-order chi connectivity index (χ0) is 18.2. The summed E-state index contributed by atoms with van der Waals surface area (Å²) in [7, 11) is 0. The molecule has 0 fully saturated rings. The Morgan fingerprint density at radius 2 is 1.56 bits per heavy atom. The average molecular weight is 338 g/mol. The maximum absolute atomic E-state index is 12.6. The van der Waals surface area contributed by atoms with E-state index in [4.69, 9.17) is 5.11 Å². The number of nitrogens with one attached hydrogen (secondary N) is 2. The predicted octanol–water partition coefficient (Wildman–Crippen LogP) is 3.08. The van der Waals surface area contributed by atoms with Crippen LogP contribution in [0.5, 0.6) is 0 Å². The van der Waals surface area contributed by atoms with Gasteiger partial charge in [-0.3, -0.25) is 9.59 Å². The maximum atomic E-state index is 12.6. The number of rotatable bonds is 6. The number of hydrogen-bond donors (Lipinski definition) is 3. The van der Waals surface area contributed by atoms with E-state index in [1.165, 1.54) is 0 Å². The monoisotopic (exact) mass is 338 g/mol. The molecule has 2 amide bonds. The summed E-state index contributed by atoms with van der Waals surface area (Å²) in [5.74, 6) is -2.21. The van der Waals surface area contributed by atoms with Crippen LogP contribution in [0.3, 0.4) is 0 Å². The van der Waals surface area contributed by atoms with Crippen molar-refractivity contribution in [2.45, 2.75) is 13.3 Å². The Morgan fingerprint density at radius 1 is 0.920 bits per heavy atom. The van der Waals surface area contributed by atoms with Crippen molar-refractivity contribution in [3.8, 4) is 0 Å². The highest BCUT2D eigenvalue weighted by atomic mass is 16.4. The zero-order valence-corrected chi connectivity index (χ0v) is 13.7.